The first-order valence-corrected chi connectivity index (χ1v) is 7.06. The van der Waals surface area contributed by atoms with Gasteiger partial charge in [0.25, 0.3) is 5.91 Å². The zero-order valence-electron chi connectivity index (χ0n) is 11.7. The molecule has 0 aliphatic carbocycles. The molecule has 0 aliphatic rings. The standard InChI is InChI=1S/C15H16BrN3O2/c1-18-15(20)11-5-3-9(17)7-13(11)19-14-8-10(21-2)4-6-12(14)16/h3-8,19H,17H2,1-2H3,(H,18,20). The number of benzene rings is 2. The number of methoxy groups -OCH3 is 1. The van der Waals surface area contributed by atoms with Crippen LogP contribution in [0, 0.1) is 0 Å². The van der Waals surface area contributed by atoms with E-state index < -0.39 is 0 Å². The Balaban J connectivity index is 2.43. The highest BCUT2D eigenvalue weighted by Gasteiger charge is 2.12. The lowest BCUT2D eigenvalue weighted by Crippen LogP contribution is -2.19. The van der Waals surface area contributed by atoms with Crippen molar-refractivity contribution in [3.8, 4) is 5.75 Å². The Morgan fingerprint density at radius 2 is 1.95 bits per heavy atom. The molecule has 21 heavy (non-hydrogen) atoms. The second kappa shape index (κ2) is 6.49. The van der Waals surface area contributed by atoms with Gasteiger partial charge in [-0.1, -0.05) is 0 Å². The minimum absolute atomic E-state index is 0.184. The van der Waals surface area contributed by atoms with Gasteiger partial charge in [-0.25, -0.2) is 0 Å². The van der Waals surface area contributed by atoms with Crippen molar-refractivity contribution in [1.82, 2.24) is 5.32 Å². The average molecular weight is 350 g/mol. The topological polar surface area (TPSA) is 76.4 Å². The van der Waals surface area contributed by atoms with Crippen LogP contribution in [0.2, 0.25) is 0 Å². The molecule has 1 amide bonds. The fourth-order valence-electron chi connectivity index (χ4n) is 1.87. The van der Waals surface area contributed by atoms with E-state index in [1.165, 1.54) is 0 Å². The molecule has 2 aromatic rings. The summed E-state index contributed by atoms with van der Waals surface area (Å²) in [5.74, 6) is 0.530. The monoisotopic (exact) mass is 349 g/mol. The summed E-state index contributed by atoms with van der Waals surface area (Å²) in [4.78, 5) is 11.9. The Morgan fingerprint density at radius 1 is 1.19 bits per heavy atom. The molecule has 110 valence electrons. The van der Waals surface area contributed by atoms with Crippen LogP contribution in [-0.4, -0.2) is 20.1 Å². The summed E-state index contributed by atoms with van der Waals surface area (Å²) >= 11 is 3.46. The van der Waals surface area contributed by atoms with Crippen LogP contribution in [0.5, 0.6) is 5.75 Å². The van der Waals surface area contributed by atoms with Crippen molar-refractivity contribution < 1.29 is 9.53 Å². The Morgan fingerprint density at radius 3 is 2.62 bits per heavy atom. The lowest BCUT2D eigenvalue weighted by atomic mass is 10.1. The molecule has 0 heterocycles. The summed E-state index contributed by atoms with van der Waals surface area (Å²) in [6, 6.07) is 10.6. The number of hydrogen-bond acceptors (Lipinski definition) is 4. The number of nitrogen functional groups attached to an aromatic ring is 1. The van der Waals surface area contributed by atoms with Crippen LogP contribution in [0.3, 0.4) is 0 Å². The smallest absolute Gasteiger partial charge is 0.253 e. The maximum atomic E-state index is 11.9. The van der Waals surface area contributed by atoms with E-state index in [9.17, 15) is 4.79 Å². The van der Waals surface area contributed by atoms with Gasteiger partial charge >= 0.3 is 0 Å². The number of rotatable bonds is 4. The summed E-state index contributed by atoms with van der Waals surface area (Å²) in [6.45, 7) is 0. The van der Waals surface area contributed by atoms with Crippen molar-refractivity contribution in [3.05, 3.63) is 46.4 Å². The normalized spacial score (nSPS) is 10.0. The minimum atomic E-state index is -0.184. The number of anilines is 3. The predicted molar refractivity (Wildman–Crippen MR) is 88.2 cm³/mol. The van der Waals surface area contributed by atoms with Crippen molar-refractivity contribution in [3.63, 3.8) is 0 Å². The lowest BCUT2D eigenvalue weighted by Gasteiger charge is -2.14. The molecule has 0 spiro atoms. The van der Waals surface area contributed by atoms with E-state index >= 15 is 0 Å². The number of hydrogen-bond donors (Lipinski definition) is 3. The molecule has 0 saturated carbocycles. The molecule has 0 bridgehead atoms. The molecule has 0 atom stereocenters. The fraction of sp³-hybridized carbons (Fsp3) is 0.133. The van der Waals surface area contributed by atoms with Gasteiger partial charge in [0, 0.05) is 23.3 Å². The second-order valence-corrected chi connectivity index (χ2v) is 5.21. The SMILES string of the molecule is CNC(=O)c1ccc(N)cc1Nc1cc(OC)ccc1Br. The molecule has 0 fully saturated rings. The van der Waals surface area contributed by atoms with Gasteiger partial charge in [-0.3, -0.25) is 4.79 Å². The van der Waals surface area contributed by atoms with Gasteiger partial charge in [-0.05, 0) is 46.3 Å². The highest BCUT2D eigenvalue weighted by atomic mass is 79.9. The summed E-state index contributed by atoms with van der Waals surface area (Å²) < 4.78 is 6.06. The van der Waals surface area contributed by atoms with Crippen LogP contribution in [-0.2, 0) is 0 Å². The molecule has 0 aromatic heterocycles. The van der Waals surface area contributed by atoms with Gasteiger partial charge in [0.2, 0.25) is 0 Å². The summed E-state index contributed by atoms with van der Waals surface area (Å²) in [6.07, 6.45) is 0. The highest BCUT2D eigenvalue weighted by molar-refractivity contribution is 9.10. The van der Waals surface area contributed by atoms with E-state index in [1.54, 1.807) is 32.4 Å². The van der Waals surface area contributed by atoms with E-state index in [-0.39, 0.29) is 5.91 Å². The van der Waals surface area contributed by atoms with E-state index in [4.69, 9.17) is 10.5 Å². The first-order valence-electron chi connectivity index (χ1n) is 6.27. The summed E-state index contributed by atoms with van der Waals surface area (Å²) in [7, 11) is 3.19. The number of halogens is 1. The van der Waals surface area contributed by atoms with Crippen molar-refractivity contribution in [2.75, 3.05) is 25.2 Å². The Labute approximate surface area is 131 Å². The quantitative estimate of drug-likeness (QED) is 0.741. The summed E-state index contributed by atoms with van der Waals surface area (Å²) in [5.41, 5.74) is 8.31. The van der Waals surface area contributed by atoms with Crippen LogP contribution in [0.15, 0.2) is 40.9 Å². The van der Waals surface area contributed by atoms with Gasteiger partial charge in [-0.15, -0.1) is 0 Å². The third kappa shape index (κ3) is 3.46. The average Bonchev–Trinajstić information content (AvgIpc) is 2.49. The summed E-state index contributed by atoms with van der Waals surface area (Å²) in [5, 5.41) is 5.81. The van der Waals surface area contributed by atoms with Crippen molar-refractivity contribution in [1.29, 1.82) is 0 Å². The maximum absolute atomic E-state index is 11.9. The number of nitrogens with two attached hydrogens (primary N) is 1. The molecule has 0 saturated heterocycles. The van der Waals surface area contributed by atoms with Crippen LogP contribution in [0.4, 0.5) is 17.1 Å². The third-order valence-corrected chi connectivity index (χ3v) is 3.65. The Kier molecular flexibility index (Phi) is 4.70. The molecule has 6 heteroatoms. The fourth-order valence-corrected chi connectivity index (χ4v) is 2.22. The van der Waals surface area contributed by atoms with Gasteiger partial charge in [-0.2, -0.15) is 0 Å². The van der Waals surface area contributed by atoms with E-state index in [2.05, 4.69) is 26.6 Å². The number of carbonyl (C=O) groups excluding carboxylic acids is 1. The Bertz CT molecular complexity index is 674. The van der Waals surface area contributed by atoms with Crippen LogP contribution >= 0.6 is 15.9 Å². The maximum Gasteiger partial charge on any atom is 0.253 e. The van der Waals surface area contributed by atoms with Crippen molar-refractivity contribution in [2.45, 2.75) is 0 Å². The molecule has 5 nitrogen and oxygen atoms in total. The highest BCUT2D eigenvalue weighted by Crippen LogP contribution is 2.31. The lowest BCUT2D eigenvalue weighted by molar-refractivity contribution is 0.0964. The second-order valence-electron chi connectivity index (χ2n) is 4.35. The van der Waals surface area contributed by atoms with Crippen molar-refractivity contribution >= 4 is 38.9 Å². The molecule has 0 unspecified atom stereocenters. The third-order valence-electron chi connectivity index (χ3n) is 2.96. The number of ether oxygens (including phenoxy) is 1. The zero-order chi connectivity index (χ0) is 15.4. The Hall–Kier alpha value is -2.21. The van der Waals surface area contributed by atoms with Gasteiger partial charge in [0.05, 0.1) is 24.0 Å². The molecule has 0 radical (unpaired) electrons. The van der Waals surface area contributed by atoms with E-state index in [1.807, 2.05) is 18.2 Å². The molecule has 4 N–H and O–H groups in total. The van der Waals surface area contributed by atoms with Crippen molar-refractivity contribution in [2.24, 2.45) is 0 Å². The van der Waals surface area contributed by atoms with E-state index in [0.717, 1.165) is 10.2 Å². The number of carbonyl (C=O) groups is 1. The first kappa shape index (κ1) is 15.2. The van der Waals surface area contributed by atoms with Crippen LogP contribution in [0.25, 0.3) is 0 Å². The van der Waals surface area contributed by atoms with Crippen LogP contribution in [0.1, 0.15) is 10.4 Å². The van der Waals surface area contributed by atoms with E-state index in [0.29, 0.717) is 22.7 Å². The minimum Gasteiger partial charge on any atom is -0.497 e. The molecule has 2 aromatic carbocycles. The van der Waals surface area contributed by atoms with Gasteiger partial charge < -0.3 is 21.1 Å². The van der Waals surface area contributed by atoms with Gasteiger partial charge in [0.1, 0.15) is 5.75 Å². The first-order chi connectivity index (χ1) is 10.0. The molecular weight excluding hydrogens is 334 g/mol. The molecular formula is C15H16BrN3O2. The zero-order valence-corrected chi connectivity index (χ0v) is 13.3. The largest absolute Gasteiger partial charge is 0.497 e. The number of nitrogens with one attached hydrogen (secondary N) is 2. The molecule has 2 rings (SSSR count). The van der Waals surface area contributed by atoms with Gasteiger partial charge in [0.15, 0.2) is 0 Å². The van der Waals surface area contributed by atoms with Crippen LogP contribution < -0.4 is 21.1 Å². The number of amides is 1. The molecule has 0 aliphatic heterocycles. The predicted octanol–water partition coefficient (Wildman–Crippen LogP) is 3.14.